The molecule has 2 fully saturated rings. The summed E-state index contributed by atoms with van der Waals surface area (Å²) >= 11 is 0. The number of aromatic carboxylic acids is 1. The van der Waals surface area contributed by atoms with Crippen LogP contribution in [-0.2, 0) is 4.74 Å². The largest absolute Gasteiger partial charge is 0.476 e. The molecule has 1 amide bonds. The molecule has 2 heterocycles. The van der Waals surface area contributed by atoms with Gasteiger partial charge in [0.2, 0.25) is 0 Å². The van der Waals surface area contributed by atoms with Crippen LogP contribution in [-0.4, -0.2) is 35.4 Å². The highest BCUT2D eigenvalue weighted by molar-refractivity contribution is 5.85. The molecule has 1 aliphatic carbocycles. The van der Waals surface area contributed by atoms with E-state index in [1.807, 2.05) is 0 Å². The third-order valence-corrected chi connectivity index (χ3v) is 4.09. The van der Waals surface area contributed by atoms with Crippen LogP contribution in [0.4, 0.5) is 4.79 Å². The van der Waals surface area contributed by atoms with E-state index < -0.39 is 18.2 Å². The summed E-state index contributed by atoms with van der Waals surface area (Å²) in [6, 6.07) is 1.28. The van der Waals surface area contributed by atoms with Gasteiger partial charge in [0.15, 0.2) is 17.6 Å². The number of aromatic nitrogens is 1. The molecule has 1 aromatic rings. The Morgan fingerprint density at radius 1 is 1.55 bits per heavy atom. The number of carbonyl (C=O) groups excluding carboxylic acids is 1. The van der Waals surface area contributed by atoms with E-state index in [-0.39, 0.29) is 17.4 Å². The van der Waals surface area contributed by atoms with Gasteiger partial charge in [-0.25, -0.2) is 9.59 Å². The number of ether oxygens (including phenoxy) is 1. The lowest BCUT2D eigenvalue weighted by Crippen LogP contribution is -2.61. The van der Waals surface area contributed by atoms with Crippen molar-refractivity contribution in [3.05, 3.63) is 17.5 Å². The Kier molecular flexibility index (Phi) is 2.89. The summed E-state index contributed by atoms with van der Waals surface area (Å²) in [7, 11) is 0. The van der Waals surface area contributed by atoms with Crippen LogP contribution in [0.25, 0.3) is 0 Å². The SMILES string of the molecule is NC(=O)OC(c1cc(C(=O)O)no1)C1CC2(CNC2)C1. The lowest BCUT2D eigenvalue weighted by Gasteiger charge is -2.55. The molecule has 8 nitrogen and oxygen atoms in total. The summed E-state index contributed by atoms with van der Waals surface area (Å²) < 4.78 is 10.1. The smallest absolute Gasteiger partial charge is 0.405 e. The number of primary amides is 1. The predicted octanol–water partition coefficient (Wildman–Crippen LogP) is 0.509. The zero-order valence-corrected chi connectivity index (χ0v) is 10.7. The first-order valence-corrected chi connectivity index (χ1v) is 6.36. The van der Waals surface area contributed by atoms with Crippen LogP contribution in [0.2, 0.25) is 0 Å². The molecule has 1 aromatic heterocycles. The number of carbonyl (C=O) groups is 2. The van der Waals surface area contributed by atoms with Gasteiger partial charge in [-0.1, -0.05) is 5.16 Å². The lowest BCUT2D eigenvalue weighted by molar-refractivity contribution is -0.0744. The number of hydrogen-bond donors (Lipinski definition) is 3. The Labute approximate surface area is 114 Å². The number of rotatable bonds is 4. The van der Waals surface area contributed by atoms with Crippen molar-refractivity contribution in [1.82, 2.24) is 10.5 Å². The van der Waals surface area contributed by atoms with E-state index in [0.717, 1.165) is 25.9 Å². The maximum absolute atomic E-state index is 11.0. The predicted molar refractivity (Wildman–Crippen MR) is 64.9 cm³/mol. The summed E-state index contributed by atoms with van der Waals surface area (Å²) in [5, 5.41) is 15.5. The van der Waals surface area contributed by atoms with Crippen LogP contribution >= 0.6 is 0 Å². The number of nitrogens with two attached hydrogens (primary N) is 1. The van der Waals surface area contributed by atoms with Crippen molar-refractivity contribution >= 4 is 12.1 Å². The highest BCUT2D eigenvalue weighted by atomic mass is 16.6. The Hall–Kier alpha value is -2.09. The van der Waals surface area contributed by atoms with E-state index in [9.17, 15) is 9.59 Å². The van der Waals surface area contributed by atoms with Crippen LogP contribution in [0.15, 0.2) is 10.6 Å². The third kappa shape index (κ3) is 2.11. The van der Waals surface area contributed by atoms with Gasteiger partial charge >= 0.3 is 12.1 Å². The molecule has 8 heteroatoms. The standard InChI is InChI=1S/C12H15N3O5/c13-11(18)19-9(6-2-12(3-6)4-14-5-12)8-1-7(10(16)17)15-20-8/h1,6,9,14H,2-5H2,(H2,13,18)(H,16,17). The summed E-state index contributed by atoms with van der Waals surface area (Å²) in [6.45, 7) is 1.92. The van der Waals surface area contributed by atoms with E-state index in [0.29, 0.717) is 5.41 Å². The minimum Gasteiger partial charge on any atom is -0.476 e. The topological polar surface area (TPSA) is 128 Å². The molecule has 1 atom stereocenters. The first-order valence-electron chi connectivity index (χ1n) is 6.36. The molecular weight excluding hydrogens is 266 g/mol. The van der Waals surface area contributed by atoms with Gasteiger partial charge in [0.05, 0.1) is 0 Å². The fraction of sp³-hybridized carbons (Fsp3) is 0.583. The Bertz CT molecular complexity index is 543. The minimum atomic E-state index is -1.19. The van der Waals surface area contributed by atoms with Crippen LogP contribution in [0.3, 0.4) is 0 Å². The molecule has 108 valence electrons. The van der Waals surface area contributed by atoms with Crippen molar-refractivity contribution in [2.24, 2.45) is 17.1 Å². The van der Waals surface area contributed by atoms with Gasteiger partial charge in [0, 0.05) is 25.1 Å². The van der Waals surface area contributed by atoms with E-state index in [4.69, 9.17) is 20.1 Å². The molecule has 0 radical (unpaired) electrons. The fourth-order valence-electron chi connectivity index (χ4n) is 3.07. The van der Waals surface area contributed by atoms with Gasteiger partial charge in [-0.15, -0.1) is 0 Å². The quantitative estimate of drug-likeness (QED) is 0.733. The Balaban J connectivity index is 1.75. The lowest BCUT2D eigenvalue weighted by atomic mass is 9.57. The molecule has 20 heavy (non-hydrogen) atoms. The number of carboxylic acid groups (broad SMARTS) is 1. The van der Waals surface area contributed by atoms with Crippen LogP contribution < -0.4 is 11.1 Å². The third-order valence-electron chi connectivity index (χ3n) is 4.09. The average Bonchev–Trinajstić information content (AvgIpc) is 2.72. The molecular formula is C12H15N3O5. The monoisotopic (exact) mass is 281 g/mol. The molecule has 3 rings (SSSR count). The van der Waals surface area contributed by atoms with Gasteiger partial charge in [0.1, 0.15) is 0 Å². The van der Waals surface area contributed by atoms with Crippen molar-refractivity contribution in [2.75, 3.05) is 13.1 Å². The number of hydrogen-bond acceptors (Lipinski definition) is 6. The van der Waals surface area contributed by atoms with Crippen LogP contribution in [0, 0.1) is 11.3 Å². The van der Waals surface area contributed by atoms with Crippen molar-refractivity contribution < 1.29 is 24.0 Å². The normalized spacial score (nSPS) is 21.8. The maximum Gasteiger partial charge on any atom is 0.405 e. The fourth-order valence-corrected chi connectivity index (χ4v) is 3.07. The molecule has 1 spiro atoms. The van der Waals surface area contributed by atoms with Crippen LogP contribution in [0.5, 0.6) is 0 Å². The molecule has 0 bridgehead atoms. The van der Waals surface area contributed by atoms with E-state index >= 15 is 0 Å². The van der Waals surface area contributed by atoms with Gasteiger partial charge in [-0.3, -0.25) is 0 Å². The van der Waals surface area contributed by atoms with Crippen molar-refractivity contribution in [2.45, 2.75) is 18.9 Å². The van der Waals surface area contributed by atoms with Gasteiger partial charge in [-0.05, 0) is 18.3 Å². The first-order chi connectivity index (χ1) is 9.49. The molecule has 1 saturated carbocycles. The zero-order valence-electron chi connectivity index (χ0n) is 10.7. The molecule has 1 unspecified atom stereocenters. The summed E-state index contributed by atoms with van der Waals surface area (Å²) in [5.74, 6) is -0.876. The average molecular weight is 281 g/mol. The highest BCUT2D eigenvalue weighted by Gasteiger charge is 2.52. The van der Waals surface area contributed by atoms with Crippen molar-refractivity contribution in [1.29, 1.82) is 0 Å². The second-order valence-corrected chi connectivity index (χ2v) is 5.55. The maximum atomic E-state index is 11.0. The van der Waals surface area contributed by atoms with Gasteiger partial charge in [0.25, 0.3) is 0 Å². The highest BCUT2D eigenvalue weighted by Crippen LogP contribution is 2.53. The van der Waals surface area contributed by atoms with Crippen molar-refractivity contribution in [3.63, 3.8) is 0 Å². The molecule has 2 aliphatic rings. The number of nitrogens with zero attached hydrogens (tertiary/aromatic N) is 1. The van der Waals surface area contributed by atoms with E-state index in [1.54, 1.807) is 0 Å². The molecule has 4 N–H and O–H groups in total. The second-order valence-electron chi connectivity index (χ2n) is 5.55. The summed E-state index contributed by atoms with van der Waals surface area (Å²) in [6.07, 6.45) is 0.206. The molecule has 0 aromatic carbocycles. The van der Waals surface area contributed by atoms with Crippen LogP contribution in [0.1, 0.15) is 35.2 Å². The number of amides is 1. The Morgan fingerprint density at radius 3 is 2.70 bits per heavy atom. The molecule has 1 aliphatic heterocycles. The first kappa shape index (κ1) is 12.9. The van der Waals surface area contributed by atoms with E-state index in [1.165, 1.54) is 6.07 Å². The van der Waals surface area contributed by atoms with Crippen molar-refractivity contribution in [3.8, 4) is 0 Å². The summed E-state index contributed by atoms with van der Waals surface area (Å²) in [4.78, 5) is 21.8. The zero-order chi connectivity index (χ0) is 14.3. The summed E-state index contributed by atoms with van der Waals surface area (Å²) in [5.41, 5.74) is 5.16. The number of nitrogens with one attached hydrogen (secondary N) is 1. The second kappa shape index (κ2) is 4.48. The van der Waals surface area contributed by atoms with E-state index in [2.05, 4.69) is 10.5 Å². The van der Waals surface area contributed by atoms with Gasteiger partial charge in [-0.2, -0.15) is 0 Å². The van der Waals surface area contributed by atoms with Gasteiger partial charge < -0.3 is 25.4 Å². The minimum absolute atomic E-state index is 0.0826. The molecule has 1 saturated heterocycles. The number of carboxylic acids is 1. The Morgan fingerprint density at radius 2 is 2.25 bits per heavy atom.